The van der Waals surface area contributed by atoms with Gasteiger partial charge in [-0.05, 0) is 27.2 Å². The zero-order valence-electron chi connectivity index (χ0n) is 13.6. The van der Waals surface area contributed by atoms with Gasteiger partial charge in [0.25, 0.3) is 0 Å². The molecule has 1 atom stereocenters. The van der Waals surface area contributed by atoms with Gasteiger partial charge in [-0.1, -0.05) is 5.16 Å². The third kappa shape index (κ3) is 7.96. The Kier molecular flexibility index (Phi) is 7.30. The molecular formula is C13H25N5O3S. The first-order valence-electron chi connectivity index (χ1n) is 7.32. The number of aryl methyl sites for hydroxylation is 1. The molecule has 22 heavy (non-hydrogen) atoms. The van der Waals surface area contributed by atoms with E-state index in [9.17, 15) is 8.42 Å². The Bertz CT molecular complexity index is 582. The molecule has 0 spiro atoms. The molecule has 2 N–H and O–H groups in total. The van der Waals surface area contributed by atoms with Crippen LogP contribution in [0.25, 0.3) is 0 Å². The summed E-state index contributed by atoms with van der Waals surface area (Å²) < 4.78 is 27.4. The summed E-state index contributed by atoms with van der Waals surface area (Å²) in [6.07, 6.45) is 2.34. The Balaban J connectivity index is 2.47. The molecule has 0 saturated heterocycles. The van der Waals surface area contributed by atoms with Crippen molar-refractivity contribution < 1.29 is 12.9 Å². The molecule has 1 heterocycles. The summed E-state index contributed by atoms with van der Waals surface area (Å²) in [7, 11) is -2.95. The molecular weight excluding hydrogens is 306 g/mol. The minimum atomic E-state index is -2.95. The predicted molar refractivity (Wildman–Crippen MR) is 85.6 cm³/mol. The fourth-order valence-electron chi connectivity index (χ4n) is 1.72. The molecule has 1 rings (SSSR count). The van der Waals surface area contributed by atoms with Gasteiger partial charge < -0.3 is 15.2 Å². The van der Waals surface area contributed by atoms with Gasteiger partial charge in [0.15, 0.2) is 11.8 Å². The van der Waals surface area contributed by atoms with Crippen LogP contribution in [0.1, 0.15) is 32.0 Å². The molecule has 9 heteroatoms. The molecule has 0 aliphatic heterocycles. The standard InChI is InChI=1S/C13H25N5O3S/c1-5-14-13(16-10(2)7-9-22(4,19)20)15-8-6-12-17-11(3)18-21-12/h10H,5-9H2,1-4H3,(H2,14,15,16). The monoisotopic (exact) mass is 331 g/mol. The zero-order chi connectivity index (χ0) is 16.6. The van der Waals surface area contributed by atoms with E-state index in [0.29, 0.717) is 37.1 Å². The summed E-state index contributed by atoms with van der Waals surface area (Å²) in [6, 6.07) is 0.0122. The highest BCUT2D eigenvalue weighted by atomic mass is 32.2. The second kappa shape index (κ2) is 8.72. The topological polar surface area (TPSA) is 109 Å². The average molecular weight is 331 g/mol. The number of rotatable bonds is 8. The highest BCUT2D eigenvalue weighted by Gasteiger charge is 2.09. The molecule has 1 aromatic rings. The zero-order valence-corrected chi connectivity index (χ0v) is 14.4. The van der Waals surface area contributed by atoms with Gasteiger partial charge >= 0.3 is 0 Å². The van der Waals surface area contributed by atoms with E-state index in [4.69, 9.17) is 4.52 Å². The highest BCUT2D eigenvalue weighted by Crippen LogP contribution is 1.98. The quantitative estimate of drug-likeness (QED) is 0.521. The van der Waals surface area contributed by atoms with E-state index < -0.39 is 9.84 Å². The lowest BCUT2D eigenvalue weighted by atomic mass is 10.3. The lowest BCUT2D eigenvalue weighted by Gasteiger charge is -2.17. The van der Waals surface area contributed by atoms with Gasteiger partial charge in [0.2, 0.25) is 5.89 Å². The number of guanidine groups is 1. The van der Waals surface area contributed by atoms with E-state index in [2.05, 4.69) is 25.8 Å². The van der Waals surface area contributed by atoms with E-state index in [1.54, 1.807) is 6.92 Å². The summed E-state index contributed by atoms with van der Waals surface area (Å²) in [6.45, 7) is 6.91. The van der Waals surface area contributed by atoms with Crippen molar-refractivity contribution in [3.8, 4) is 0 Å². The SMILES string of the molecule is CCNC(=NCCc1nc(C)no1)NC(C)CCS(C)(=O)=O. The van der Waals surface area contributed by atoms with E-state index >= 15 is 0 Å². The predicted octanol–water partition coefficient (Wildman–Crippen LogP) is 0.299. The van der Waals surface area contributed by atoms with Gasteiger partial charge in [0.1, 0.15) is 9.84 Å². The number of aromatic nitrogens is 2. The van der Waals surface area contributed by atoms with Crippen LogP contribution in [0.15, 0.2) is 9.52 Å². The van der Waals surface area contributed by atoms with E-state index in [-0.39, 0.29) is 11.8 Å². The molecule has 126 valence electrons. The number of sulfone groups is 1. The van der Waals surface area contributed by atoms with Crippen molar-refractivity contribution in [3.05, 3.63) is 11.7 Å². The smallest absolute Gasteiger partial charge is 0.228 e. The highest BCUT2D eigenvalue weighted by molar-refractivity contribution is 7.90. The molecule has 0 fully saturated rings. The van der Waals surface area contributed by atoms with Crippen LogP contribution in [0.3, 0.4) is 0 Å². The molecule has 0 aliphatic rings. The first-order chi connectivity index (χ1) is 10.3. The van der Waals surface area contributed by atoms with Crippen molar-refractivity contribution in [1.29, 1.82) is 0 Å². The Morgan fingerprint density at radius 3 is 2.73 bits per heavy atom. The Morgan fingerprint density at radius 1 is 1.45 bits per heavy atom. The minimum Gasteiger partial charge on any atom is -0.357 e. The van der Waals surface area contributed by atoms with E-state index in [1.807, 2.05) is 13.8 Å². The molecule has 1 unspecified atom stereocenters. The fourth-order valence-corrected chi connectivity index (χ4v) is 2.50. The first-order valence-corrected chi connectivity index (χ1v) is 9.38. The third-order valence-electron chi connectivity index (χ3n) is 2.81. The fraction of sp³-hybridized carbons (Fsp3) is 0.769. The molecule has 1 aromatic heterocycles. The second-order valence-corrected chi connectivity index (χ2v) is 7.47. The van der Waals surface area contributed by atoms with Crippen LogP contribution >= 0.6 is 0 Å². The molecule has 8 nitrogen and oxygen atoms in total. The molecule has 0 amide bonds. The van der Waals surface area contributed by atoms with Crippen molar-refractivity contribution >= 4 is 15.8 Å². The van der Waals surface area contributed by atoms with Crippen LogP contribution < -0.4 is 10.6 Å². The largest absolute Gasteiger partial charge is 0.357 e. The van der Waals surface area contributed by atoms with Gasteiger partial charge in [0.05, 0.1) is 12.3 Å². The van der Waals surface area contributed by atoms with Crippen LogP contribution in [0, 0.1) is 6.92 Å². The Labute approximate surface area is 131 Å². The number of hydrogen-bond donors (Lipinski definition) is 2. The van der Waals surface area contributed by atoms with Crippen LogP contribution in [0.2, 0.25) is 0 Å². The number of nitrogens with one attached hydrogen (secondary N) is 2. The van der Waals surface area contributed by atoms with Crippen LogP contribution in [-0.4, -0.2) is 55.7 Å². The number of hydrogen-bond acceptors (Lipinski definition) is 6. The maximum absolute atomic E-state index is 11.2. The van der Waals surface area contributed by atoms with Gasteiger partial charge in [-0.3, -0.25) is 4.99 Å². The minimum absolute atomic E-state index is 0.0122. The lowest BCUT2D eigenvalue weighted by molar-refractivity contribution is 0.376. The molecule has 0 aliphatic carbocycles. The van der Waals surface area contributed by atoms with Crippen molar-refractivity contribution in [3.63, 3.8) is 0 Å². The Hall–Kier alpha value is -1.64. The van der Waals surface area contributed by atoms with E-state index in [1.165, 1.54) is 6.26 Å². The Morgan fingerprint density at radius 2 is 2.18 bits per heavy atom. The van der Waals surface area contributed by atoms with Crippen molar-refractivity contribution in [2.75, 3.05) is 25.1 Å². The first kappa shape index (κ1) is 18.4. The normalized spacial score (nSPS) is 13.9. The molecule has 0 aromatic carbocycles. The van der Waals surface area contributed by atoms with Crippen LogP contribution in [0.4, 0.5) is 0 Å². The summed E-state index contributed by atoms with van der Waals surface area (Å²) in [5.41, 5.74) is 0. The van der Waals surface area contributed by atoms with Crippen LogP contribution in [-0.2, 0) is 16.3 Å². The summed E-state index contributed by atoms with van der Waals surface area (Å²) >= 11 is 0. The average Bonchev–Trinajstić information content (AvgIpc) is 2.81. The van der Waals surface area contributed by atoms with Gasteiger partial charge in [-0.25, -0.2) is 8.42 Å². The van der Waals surface area contributed by atoms with Gasteiger partial charge in [0, 0.05) is 25.3 Å². The maximum atomic E-state index is 11.2. The molecule has 0 radical (unpaired) electrons. The molecule has 0 bridgehead atoms. The van der Waals surface area contributed by atoms with Gasteiger partial charge in [-0.2, -0.15) is 4.98 Å². The third-order valence-corrected chi connectivity index (χ3v) is 3.79. The summed E-state index contributed by atoms with van der Waals surface area (Å²) in [5.74, 6) is 1.97. The van der Waals surface area contributed by atoms with Crippen molar-refractivity contribution in [2.45, 2.75) is 39.7 Å². The van der Waals surface area contributed by atoms with Gasteiger partial charge in [-0.15, -0.1) is 0 Å². The van der Waals surface area contributed by atoms with Crippen molar-refractivity contribution in [1.82, 2.24) is 20.8 Å². The number of aliphatic imine (C=N–C) groups is 1. The van der Waals surface area contributed by atoms with Crippen molar-refractivity contribution in [2.24, 2.45) is 4.99 Å². The van der Waals surface area contributed by atoms with E-state index in [0.717, 1.165) is 6.54 Å². The van der Waals surface area contributed by atoms with Crippen LogP contribution in [0.5, 0.6) is 0 Å². The second-order valence-electron chi connectivity index (χ2n) is 5.21. The number of nitrogens with zero attached hydrogens (tertiary/aromatic N) is 3. The summed E-state index contributed by atoms with van der Waals surface area (Å²) in [4.78, 5) is 8.54. The lowest BCUT2D eigenvalue weighted by Crippen LogP contribution is -2.43. The molecule has 0 saturated carbocycles. The maximum Gasteiger partial charge on any atom is 0.228 e. The summed E-state index contributed by atoms with van der Waals surface area (Å²) in [5, 5.41) is 10.0.